The van der Waals surface area contributed by atoms with Crippen molar-refractivity contribution in [1.29, 1.82) is 0 Å². The molecule has 1 amide bonds. The van der Waals surface area contributed by atoms with E-state index in [1.807, 2.05) is 43.6 Å². The molecule has 24 heavy (non-hydrogen) atoms. The summed E-state index contributed by atoms with van der Waals surface area (Å²) < 4.78 is 2.64. The van der Waals surface area contributed by atoms with Crippen LogP contribution < -0.4 is 0 Å². The number of carbonyl (C=O) groups excluding carboxylic acids is 1. The standard InChI is InChI=1S/C18H19BrN2O3/c1-20-12-14(19)11-15(20)16(22)21-9-7-18(8-10-21,17(23)24)13-5-3-2-4-6-13/h2-6,11-12H,7-10H2,1H3,(H,23,24). The minimum Gasteiger partial charge on any atom is -0.481 e. The van der Waals surface area contributed by atoms with Crippen molar-refractivity contribution in [2.75, 3.05) is 13.1 Å². The molecule has 3 rings (SSSR count). The van der Waals surface area contributed by atoms with Gasteiger partial charge in [0.1, 0.15) is 5.69 Å². The molecule has 1 aromatic heterocycles. The molecule has 0 bridgehead atoms. The van der Waals surface area contributed by atoms with Gasteiger partial charge in [-0.3, -0.25) is 9.59 Å². The third kappa shape index (κ3) is 2.86. The molecule has 2 aromatic rings. The highest BCUT2D eigenvalue weighted by molar-refractivity contribution is 9.10. The summed E-state index contributed by atoms with van der Waals surface area (Å²) in [6, 6.07) is 11.1. The van der Waals surface area contributed by atoms with E-state index < -0.39 is 11.4 Å². The van der Waals surface area contributed by atoms with E-state index in [1.165, 1.54) is 0 Å². The van der Waals surface area contributed by atoms with Crippen LogP contribution in [-0.4, -0.2) is 39.5 Å². The molecule has 0 radical (unpaired) electrons. The number of piperidine rings is 1. The van der Waals surface area contributed by atoms with E-state index in [0.717, 1.165) is 10.0 Å². The van der Waals surface area contributed by atoms with Crippen molar-refractivity contribution in [3.8, 4) is 0 Å². The Bertz CT molecular complexity index is 762. The fourth-order valence-corrected chi connectivity index (χ4v) is 3.90. The monoisotopic (exact) mass is 390 g/mol. The summed E-state index contributed by atoms with van der Waals surface area (Å²) >= 11 is 3.37. The number of carbonyl (C=O) groups is 2. The summed E-state index contributed by atoms with van der Waals surface area (Å²) in [5, 5.41) is 9.82. The van der Waals surface area contributed by atoms with E-state index in [1.54, 1.807) is 15.5 Å². The number of aryl methyl sites for hydroxylation is 1. The maximum atomic E-state index is 12.7. The molecule has 126 valence electrons. The van der Waals surface area contributed by atoms with Crippen LogP contribution in [0.3, 0.4) is 0 Å². The Balaban J connectivity index is 1.80. The fraction of sp³-hybridized carbons (Fsp3) is 0.333. The van der Waals surface area contributed by atoms with E-state index in [0.29, 0.717) is 31.6 Å². The van der Waals surface area contributed by atoms with Crippen LogP contribution in [0.5, 0.6) is 0 Å². The molecule has 1 N–H and O–H groups in total. The maximum Gasteiger partial charge on any atom is 0.314 e. The molecule has 0 spiro atoms. The Morgan fingerprint density at radius 2 is 1.79 bits per heavy atom. The predicted octanol–water partition coefficient (Wildman–Crippen LogP) is 3.05. The molecule has 1 aliphatic heterocycles. The lowest BCUT2D eigenvalue weighted by Crippen LogP contribution is -2.49. The van der Waals surface area contributed by atoms with E-state index >= 15 is 0 Å². The summed E-state index contributed by atoms with van der Waals surface area (Å²) in [6.45, 7) is 0.867. The van der Waals surface area contributed by atoms with Crippen LogP contribution in [0.2, 0.25) is 0 Å². The molecular weight excluding hydrogens is 372 g/mol. The number of benzene rings is 1. The van der Waals surface area contributed by atoms with Gasteiger partial charge in [0.05, 0.1) is 5.41 Å². The summed E-state index contributed by atoms with van der Waals surface area (Å²) in [5.41, 5.74) is 0.503. The first-order valence-corrected chi connectivity index (χ1v) is 8.63. The Morgan fingerprint density at radius 1 is 1.17 bits per heavy atom. The number of likely N-dealkylation sites (tertiary alicyclic amines) is 1. The number of carboxylic acids is 1. The normalized spacial score (nSPS) is 16.8. The summed E-state index contributed by atoms with van der Waals surface area (Å²) in [7, 11) is 1.83. The molecule has 0 atom stereocenters. The van der Waals surface area contributed by atoms with Crippen molar-refractivity contribution in [2.45, 2.75) is 18.3 Å². The van der Waals surface area contributed by atoms with Crippen molar-refractivity contribution in [1.82, 2.24) is 9.47 Å². The number of halogens is 1. The van der Waals surface area contributed by atoms with Crippen LogP contribution in [0.15, 0.2) is 47.1 Å². The SMILES string of the molecule is Cn1cc(Br)cc1C(=O)N1CCC(C(=O)O)(c2ccccc2)CC1. The molecule has 2 heterocycles. The molecule has 0 saturated carbocycles. The van der Waals surface area contributed by atoms with Crippen LogP contribution in [-0.2, 0) is 17.3 Å². The fourth-order valence-electron chi connectivity index (χ4n) is 3.37. The van der Waals surface area contributed by atoms with Gasteiger partial charge in [0.2, 0.25) is 0 Å². The van der Waals surface area contributed by atoms with Crippen molar-refractivity contribution in [3.63, 3.8) is 0 Å². The van der Waals surface area contributed by atoms with Gasteiger partial charge in [-0.1, -0.05) is 30.3 Å². The Morgan fingerprint density at radius 3 is 2.29 bits per heavy atom. The Labute approximate surface area is 149 Å². The van der Waals surface area contributed by atoms with Gasteiger partial charge in [0.15, 0.2) is 0 Å². The molecule has 1 fully saturated rings. The van der Waals surface area contributed by atoms with Gasteiger partial charge in [-0.05, 0) is 40.4 Å². The molecule has 1 aromatic carbocycles. The number of carboxylic acid groups (broad SMARTS) is 1. The van der Waals surface area contributed by atoms with Crippen LogP contribution in [0.25, 0.3) is 0 Å². The molecular formula is C18H19BrN2O3. The lowest BCUT2D eigenvalue weighted by atomic mass is 9.73. The zero-order valence-corrected chi connectivity index (χ0v) is 15.0. The van der Waals surface area contributed by atoms with Gasteiger partial charge in [0.25, 0.3) is 5.91 Å². The Hall–Kier alpha value is -2.08. The van der Waals surface area contributed by atoms with E-state index in [4.69, 9.17) is 0 Å². The zero-order chi connectivity index (χ0) is 17.3. The second-order valence-electron chi connectivity index (χ2n) is 6.20. The molecule has 1 aliphatic rings. The average Bonchev–Trinajstić information content (AvgIpc) is 2.93. The van der Waals surface area contributed by atoms with Gasteiger partial charge < -0.3 is 14.6 Å². The van der Waals surface area contributed by atoms with Crippen molar-refractivity contribution < 1.29 is 14.7 Å². The topological polar surface area (TPSA) is 62.5 Å². The number of hydrogen-bond acceptors (Lipinski definition) is 2. The molecule has 6 heteroatoms. The van der Waals surface area contributed by atoms with Crippen LogP contribution in [0.4, 0.5) is 0 Å². The highest BCUT2D eigenvalue weighted by Gasteiger charge is 2.44. The average molecular weight is 391 g/mol. The van der Waals surface area contributed by atoms with E-state index in [2.05, 4.69) is 15.9 Å². The second-order valence-corrected chi connectivity index (χ2v) is 7.12. The highest BCUT2D eigenvalue weighted by Crippen LogP contribution is 2.36. The summed E-state index contributed by atoms with van der Waals surface area (Å²) in [4.78, 5) is 26.4. The van der Waals surface area contributed by atoms with Crippen LogP contribution in [0.1, 0.15) is 28.9 Å². The molecule has 1 saturated heterocycles. The highest BCUT2D eigenvalue weighted by atomic mass is 79.9. The van der Waals surface area contributed by atoms with Gasteiger partial charge >= 0.3 is 5.97 Å². The molecule has 0 aliphatic carbocycles. The third-order valence-electron chi connectivity index (χ3n) is 4.83. The quantitative estimate of drug-likeness (QED) is 0.875. The zero-order valence-electron chi connectivity index (χ0n) is 13.4. The van der Waals surface area contributed by atoms with Crippen molar-refractivity contribution in [3.05, 3.63) is 58.3 Å². The van der Waals surface area contributed by atoms with Gasteiger partial charge in [0, 0.05) is 30.8 Å². The largest absolute Gasteiger partial charge is 0.481 e. The Kier molecular flexibility index (Phi) is 4.49. The van der Waals surface area contributed by atoms with Crippen molar-refractivity contribution in [2.24, 2.45) is 7.05 Å². The van der Waals surface area contributed by atoms with Gasteiger partial charge in [-0.25, -0.2) is 0 Å². The number of hydrogen-bond donors (Lipinski definition) is 1. The number of aromatic nitrogens is 1. The lowest BCUT2D eigenvalue weighted by Gasteiger charge is -2.39. The number of amides is 1. The summed E-state index contributed by atoms with van der Waals surface area (Å²) in [5.74, 6) is -0.877. The first kappa shape index (κ1) is 16.8. The smallest absolute Gasteiger partial charge is 0.314 e. The van der Waals surface area contributed by atoms with Crippen LogP contribution in [0, 0.1) is 0 Å². The first-order valence-electron chi connectivity index (χ1n) is 7.84. The lowest BCUT2D eigenvalue weighted by molar-refractivity contribution is -0.145. The van der Waals surface area contributed by atoms with Crippen molar-refractivity contribution >= 4 is 27.8 Å². The first-order chi connectivity index (χ1) is 11.4. The van der Waals surface area contributed by atoms with Gasteiger partial charge in [-0.2, -0.15) is 0 Å². The van der Waals surface area contributed by atoms with E-state index in [9.17, 15) is 14.7 Å². The maximum absolute atomic E-state index is 12.7. The van der Waals surface area contributed by atoms with Crippen LogP contribution >= 0.6 is 15.9 Å². The van der Waals surface area contributed by atoms with E-state index in [-0.39, 0.29) is 5.91 Å². The minimum atomic E-state index is -0.910. The minimum absolute atomic E-state index is 0.0600. The predicted molar refractivity (Wildman–Crippen MR) is 94.0 cm³/mol. The second kappa shape index (κ2) is 6.43. The number of nitrogens with zero attached hydrogens (tertiary/aromatic N) is 2. The number of aliphatic carboxylic acids is 1. The number of rotatable bonds is 3. The molecule has 5 nitrogen and oxygen atoms in total. The molecule has 0 unspecified atom stereocenters. The summed E-state index contributed by atoms with van der Waals surface area (Å²) in [6.07, 6.45) is 2.68. The third-order valence-corrected chi connectivity index (χ3v) is 5.26. The van der Waals surface area contributed by atoms with Gasteiger partial charge in [-0.15, -0.1) is 0 Å².